The van der Waals surface area contributed by atoms with Crippen molar-refractivity contribution in [2.75, 3.05) is 13.2 Å². The minimum atomic E-state index is -0.141. The van der Waals surface area contributed by atoms with Crippen molar-refractivity contribution in [3.8, 4) is 0 Å². The Hall–Kier alpha value is -1.25. The Morgan fingerprint density at radius 1 is 0.857 bits per heavy atom. The van der Waals surface area contributed by atoms with Crippen LogP contribution in [0.2, 0.25) is 15.2 Å². The molecule has 0 bridgehead atoms. The first-order valence-corrected chi connectivity index (χ1v) is 13.1. The van der Waals surface area contributed by atoms with E-state index in [9.17, 15) is 0 Å². The minimum Gasteiger partial charge on any atom is -0.353 e. The van der Waals surface area contributed by atoms with Crippen LogP contribution < -0.4 is 0 Å². The number of rotatable bonds is 7. The van der Waals surface area contributed by atoms with Crippen molar-refractivity contribution < 1.29 is 18.9 Å². The molecule has 2 atom stereocenters. The highest BCUT2D eigenvalue weighted by Crippen LogP contribution is 2.26. The van der Waals surface area contributed by atoms with Crippen LogP contribution in [-0.4, -0.2) is 35.8 Å². The van der Waals surface area contributed by atoms with Crippen LogP contribution in [-0.2, 0) is 32.2 Å². The second-order valence-corrected chi connectivity index (χ2v) is 9.71. The van der Waals surface area contributed by atoms with Gasteiger partial charge in [0, 0.05) is 35.7 Å². The summed E-state index contributed by atoms with van der Waals surface area (Å²) >= 11 is 18.4. The largest absolute Gasteiger partial charge is 0.353 e. The normalized spacial score (nSPS) is 20.1. The molecule has 9 heteroatoms. The van der Waals surface area contributed by atoms with Crippen LogP contribution in [0.3, 0.4) is 0 Å². The van der Waals surface area contributed by atoms with E-state index in [1.807, 2.05) is 19.9 Å². The predicted molar refractivity (Wildman–Crippen MR) is 140 cm³/mol. The standard InChI is InChI=1S/C14H18ClNO2.C12H15Cl2NO2/c1-3-13-11(12(15)8-10(2)16-13)9-18-14-6-4-5-7-17-14;1-8-6-10(13)9(12(14)15-8)7-17-11-4-2-3-5-16-11/h3,8,14H,1,4-7,9H2,2H3;6,11H,2-5,7H2,1H3. The van der Waals surface area contributed by atoms with Crippen LogP contribution in [0.1, 0.15) is 66.7 Å². The molecule has 0 aliphatic carbocycles. The molecule has 2 aliphatic rings. The predicted octanol–water partition coefficient (Wildman–Crippen LogP) is 7.47. The molecule has 0 amide bonds. The lowest BCUT2D eigenvalue weighted by Crippen LogP contribution is -2.22. The number of ether oxygens (including phenoxy) is 4. The second-order valence-electron chi connectivity index (χ2n) is 8.54. The maximum absolute atomic E-state index is 6.22. The maximum Gasteiger partial charge on any atom is 0.158 e. The molecule has 4 heterocycles. The van der Waals surface area contributed by atoms with E-state index in [0.29, 0.717) is 28.4 Å². The van der Waals surface area contributed by atoms with Crippen molar-refractivity contribution >= 4 is 40.9 Å². The van der Waals surface area contributed by atoms with Gasteiger partial charge < -0.3 is 18.9 Å². The Bertz CT molecular complexity index is 954. The average molecular weight is 544 g/mol. The van der Waals surface area contributed by atoms with Gasteiger partial charge in [-0.25, -0.2) is 4.98 Å². The molecular weight excluding hydrogens is 511 g/mol. The average Bonchev–Trinajstić information content (AvgIpc) is 2.84. The summed E-state index contributed by atoms with van der Waals surface area (Å²) in [5, 5.41) is 1.68. The molecule has 0 radical (unpaired) electrons. The zero-order chi connectivity index (χ0) is 25.2. The third-order valence-electron chi connectivity index (χ3n) is 5.67. The molecule has 4 rings (SSSR count). The number of pyridine rings is 2. The van der Waals surface area contributed by atoms with Gasteiger partial charge >= 0.3 is 0 Å². The fraction of sp³-hybridized carbons (Fsp3) is 0.538. The van der Waals surface area contributed by atoms with Gasteiger partial charge in [0.05, 0.1) is 29.0 Å². The van der Waals surface area contributed by atoms with E-state index in [2.05, 4.69) is 16.5 Å². The van der Waals surface area contributed by atoms with E-state index in [4.69, 9.17) is 53.8 Å². The van der Waals surface area contributed by atoms with Crippen LogP contribution in [0, 0.1) is 13.8 Å². The Labute approximate surface area is 222 Å². The zero-order valence-electron chi connectivity index (χ0n) is 20.3. The Kier molecular flexibility index (Phi) is 11.7. The topological polar surface area (TPSA) is 62.7 Å². The Morgan fingerprint density at radius 3 is 1.86 bits per heavy atom. The number of halogens is 3. The second kappa shape index (κ2) is 14.5. The van der Waals surface area contributed by atoms with Crippen LogP contribution in [0.15, 0.2) is 18.7 Å². The quantitative estimate of drug-likeness (QED) is 0.338. The van der Waals surface area contributed by atoms with Crippen LogP contribution >= 0.6 is 34.8 Å². The summed E-state index contributed by atoms with van der Waals surface area (Å²) in [5.74, 6) is 0. The molecule has 2 aromatic heterocycles. The maximum atomic E-state index is 6.22. The molecule has 0 N–H and O–H groups in total. The van der Waals surface area contributed by atoms with Gasteiger partial charge in [0.2, 0.25) is 0 Å². The molecule has 6 nitrogen and oxygen atoms in total. The number of hydrogen-bond acceptors (Lipinski definition) is 6. The van der Waals surface area contributed by atoms with Gasteiger partial charge in [-0.15, -0.1) is 0 Å². The van der Waals surface area contributed by atoms with E-state index >= 15 is 0 Å². The minimum absolute atomic E-state index is 0.117. The molecule has 0 saturated carbocycles. The summed E-state index contributed by atoms with van der Waals surface area (Å²) in [6.45, 7) is 9.82. The number of aromatic nitrogens is 2. The number of hydrogen-bond donors (Lipinski definition) is 0. The molecule has 192 valence electrons. The summed E-state index contributed by atoms with van der Waals surface area (Å²) in [4.78, 5) is 8.55. The van der Waals surface area contributed by atoms with E-state index in [0.717, 1.165) is 79.9 Å². The molecule has 35 heavy (non-hydrogen) atoms. The van der Waals surface area contributed by atoms with Gasteiger partial charge in [-0.1, -0.05) is 41.4 Å². The van der Waals surface area contributed by atoms with E-state index in [1.165, 1.54) is 0 Å². The Morgan fingerprint density at radius 2 is 1.37 bits per heavy atom. The van der Waals surface area contributed by atoms with Gasteiger partial charge in [0.15, 0.2) is 12.6 Å². The summed E-state index contributed by atoms with van der Waals surface area (Å²) < 4.78 is 22.4. The van der Waals surface area contributed by atoms with Gasteiger partial charge in [-0.3, -0.25) is 4.98 Å². The first-order valence-electron chi connectivity index (χ1n) is 11.9. The van der Waals surface area contributed by atoms with Crippen molar-refractivity contribution in [1.29, 1.82) is 0 Å². The third-order valence-corrected chi connectivity index (χ3v) is 6.66. The van der Waals surface area contributed by atoms with E-state index in [-0.39, 0.29) is 12.6 Å². The van der Waals surface area contributed by atoms with Crippen LogP contribution in [0.4, 0.5) is 0 Å². The highest BCUT2D eigenvalue weighted by atomic mass is 35.5. The lowest BCUT2D eigenvalue weighted by molar-refractivity contribution is -0.169. The molecule has 0 spiro atoms. The van der Waals surface area contributed by atoms with Crippen molar-refractivity contribution in [2.45, 2.75) is 78.2 Å². The monoisotopic (exact) mass is 542 g/mol. The fourth-order valence-corrected chi connectivity index (χ4v) is 4.73. The summed E-state index contributed by atoms with van der Waals surface area (Å²) in [5.41, 5.74) is 4.08. The number of nitrogens with zero attached hydrogens (tertiary/aromatic N) is 2. The SMILES string of the molecule is C=Cc1nc(C)cc(Cl)c1COC1CCCCO1.Cc1cc(Cl)c(COC2CCCCO2)c(Cl)n1. The molecule has 0 aromatic carbocycles. The fourth-order valence-electron chi connectivity index (χ4n) is 3.78. The third kappa shape index (κ3) is 8.97. The van der Waals surface area contributed by atoms with Crippen LogP contribution in [0.25, 0.3) is 6.08 Å². The summed E-state index contributed by atoms with van der Waals surface area (Å²) in [6, 6.07) is 3.63. The van der Waals surface area contributed by atoms with Crippen LogP contribution in [0.5, 0.6) is 0 Å². The van der Waals surface area contributed by atoms with Gasteiger partial charge in [0.25, 0.3) is 0 Å². The van der Waals surface area contributed by atoms with Gasteiger partial charge in [-0.2, -0.15) is 0 Å². The smallest absolute Gasteiger partial charge is 0.158 e. The first kappa shape index (κ1) is 28.3. The van der Waals surface area contributed by atoms with Crippen molar-refractivity contribution in [3.63, 3.8) is 0 Å². The van der Waals surface area contributed by atoms with E-state index < -0.39 is 0 Å². The zero-order valence-corrected chi connectivity index (χ0v) is 22.6. The molecular formula is C26H33Cl3N2O4. The molecule has 2 aliphatic heterocycles. The first-order chi connectivity index (χ1) is 16.9. The van der Waals surface area contributed by atoms with Crippen molar-refractivity contribution in [2.24, 2.45) is 0 Å². The van der Waals surface area contributed by atoms with E-state index in [1.54, 1.807) is 12.1 Å². The highest BCUT2D eigenvalue weighted by Gasteiger charge is 2.17. The highest BCUT2D eigenvalue weighted by molar-refractivity contribution is 6.35. The molecule has 2 fully saturated rings. The Balaban J connectivity index is 0.000000196. The summed E-state index contributed by atoms with van der Waals surface area (Å²) in [7, 11) is 0. The summed E-state index contributed by atoms with van der Waals surface area (Å²) in [6.07, 6.45) is 7.83. The molecule has 2 aromatic rings. The molecule has 2 unspecified atom stereocenters. The van der Waals surface area contributed by atoms with Gasteiger partial charge in [0.1, 0.15) is 5.15 Å². The van der Waals surface area contributed by atoms with Gasteiger partial charge in [-0.05, 0) is 70.6 Å². The van der Waals surface area contributed by atoms with Crippen molar-refractivity contribution in [1.82, 2.24) is 9.97 Å². The molecule has 2 saturated heterocycles. The number of aryl methyl sites for hydroxylation is 2. The lowest BCUT2D eigenvalue weighted by atomic mass is 10.1. The lowest BCUT2D eigenvalue weighted by Gasteiger charge is -2.23. The van der Waals surface area contributed by atoms with Crippen molar-refractivity contribution in [3.05, 3.63) is 62.1 Å².